The second-order valence-corrected chi connectivity index (χ2v) is 5.94. The largest absolute Gasteiger partial charge is 0.350 e. The molecule has 3 aromatic rings. The molecule has 0 saturated carbocycles. The van der Waals surface area contributed by atoms with Gasteiger partial charge in [-0.3, -0.25) is 14.2 Å². The predicted molar refractivity (Wildman–Crippen MR) is 87.8 cm³/mol. The molecule has 0 aliphatic heterocycles. The van der Waals surface area contributed by atoms with Crippen LogP contribution in [-0.2, 0) is 20.6 Å². The first kappa shape index (κ1) is 16.5. The lowest BCUT2D eigenvalue weighted by molar-refractivity contribution is 0.0913. The van der Waals surface area contributed by atoms with Crippen molar-refractivity contribution in [3.63, 3.8) is 0 Å². The lowest BCUT2D eigenvalue weighted by atomic mass is 10.2. The number of aromatic nitrogens is 5. The number of aryl methyl sites for hydroxylation is 2. The topological polar surface area (TPSA) is 90.8 Å². The number of halogens is 2. The molecule has 3 aromatic heterocycles. The van der Waals surface area contributed by atoms with Gasteiger partial charge in [-0.25, -0.2) is 0 Å². The van der Waals surface area contributed by atoms with Gasteiger partial charge in [0.25, 0.3) is 5.91 Å². The number of nitrogens with zero attached hydrogens (tertiary/aromatic N) is 5. The second kappa shape index (κ2) is 6.29. The normalized spacial score (nSPS) is 11.0. The van der Waals surface area contributed by atoms with Gasteiger partial charge in [-0.05, 0) is 6.92 Å². The Morgan fingerprint density at radius 2 is 2.08 bits per heavy atom. The first-order valence-electron chi connectivity index (χ1n) is 6.99. The summed E-state index contributed by atoms with van der Waals surface area (Å²) >= 11 is 12.0. The zero-order chi connectivity index (χ0) is 17.4. The fourth-order valence-corrected chi connectivity index (χ4v) is 2.53. The quantitative estimate of drug-likeness (QED) is 0.762. The van der Waals surface area contributed by atoms with Gasteiger partial charge in [-0.2, -0.15) is 10.2 Å². The molecule has 0 atom stereocenters. The van der Waals surface area contributed by atoms with E-state index in [0.717, 1.165) is 11.3 Å². The number of carbonyl (C=O) groups excluding carboxylic acids is 1. The molecule has 0 unspecified atom stereocenters. The molecule has 0 aliphatic rings. The highest BCUT2D eigenvalue weighted by Gasteiger charge is 2.18. The Hall–Kier alpha value is -2.32. The van der Waals surface area contributed by atoms with Crippen molar-refractivity contribution in [2.24, 2.45) is 14.1 Å². The van der Waals surface area contributed by atoms with Crippen molar-refractivity contribution in [3.05, 3.63) is 39.6 Å². The van der Waals surface area contributed by atoms with Gasteiger partial charge in [0.15, 0.2) is 0 Å². The maximum atomic E-state index is 12.2. The molecule has 0 bridgehead atoms. The van der Waals surface area contributed by atoms with Gasteiger partial charge in [0.1, 0.15) is 21.6 Å². The molecule has 0 spiro atoms. The maximum Gasteiger partial charge on any atom is 0.290 e. The summed E-state index contributed by atoms with van der Waals surface area (Å²) in [7, 11) is 3.49. The van der Waals surface area contributed by atoms with Crippen molar-refractivity contribution in [3.8, 4) is 11.3 Å². The van der Waals surface area contributed by atoms with E-state index >= 15 is 0 Å². The monoisotopic (exact) mass is 368 g/mol. The molecule has 0 aliphatic carbocycles. The van der Waals surface area contributed by atoms with Crippen molar-refractivity contribution in [1.82, 2.24) is 30.0 Å². The molecule has 0 aromatic carbocycles. The van der Waals surface area contributed by atoms with Gasteiger partial charge in [-0.1, -0.05) is 28.4 Å². The van der Waals surface area contributed by atoms with Crippen LogP contribution in [0.5, 0.6) is 0 Å². The van der Waals surface area contributed by atoms with Crippen LogP contribution in [0.4, 0.5) is 0 Å². The number of amides is 1. The van der Waals surface area contributed by atoms with E-state index < -0.39 is 5.91 Å². The number of nitrogens with one attached hydrogen (secondary N) is 1. The summed E-state index contributed by atoms with van der Waals surface area (Å²) in [5.41, 5.74) is 2.75. The third-order valence-corrected chi connectivity index (χ3v) is 4.58. The van der Waals surface area contributed by atoms with E-state index in [2.05, 4.69) is 20.7 Å². The van der Waals surface area contributed by atoms with Crippen LogP contribution in [0, 0.1) is 6.92 Å². The molecule has 126 valence electrons. The van der Waals surface area contributed by atoms with Crippen LogP contribution in [0.15, 0.2) is 16.8 Å². The molecule has 1 N–H and O–H groups in total. The number of hydrogen-bond donors (Lipinski definition) is 1. The second-order valence-electron chi connectivity index (χ2n) is 5.20. The van der Waals surface area contributed by atoms with E-state index in [4.69, 9.17) is 27.7 Å². The molecule has 1 amide bonds. The number of hydrogen-bond acceptors (Lipinski definition) is 5. The summed E-state index contributed by atoms with van der Waals surface area (Å²) in [6.45, 7) is 2.03. The standard InChI is InChI=1S/C14H14Cl2N6O2/c1-7-8(5-18-21(7)2)9-4-11(24-20-9)14(23)17-6-10-12(15)13(16)22(3)19-10/h4-5H,6H2,1-3H3,(H,17,23). The lowest BCUT2D eigenvalue weighted by Gasteiger charge is -1.99. The van der Waals surface area contributed by atoms with E-state index in [1.165, 1.54) is 4.68 Å². The minimum absolute atomic E-state index is 0.0893. The molecule has 0 saturated heterocycles. The van der Waals surface area contributed by atoms with Crippen LogP contribution < -0.4 is 5.32 Å². The van der Waals surface area contributed by atoms with Crippen LogP contribution >= 0.6 is 23.2 Å². The number of carbonyl (C=O) groups is 1. The smallest absolute Gasteiger partial charge is 0.290 e. The molecule has 3 rings (SSSR count). The average molecular weight is 369 g/mol. The highest BCUT2D eigenvalue weighted by Crippen LogP contribution is 2.25. The third-order valence-electron chi connectivity index (χ3n) is 3.65. The minimum atomic E-state index is -0.423. The average Bonchev–Trinajstić information content (AvgIpc) is 3.22. The van der Waals surface area contributed by atoms with E-state index in [-0.39, 0.29) is 12.3 Å². The zero-order valence-electron chi connectivity index (χ0n) is 13.2. The highest BCUT2D eigenvalue weighted by atomic mass is 35.5. The van der Waals surface area contributed by atoms with Gasteiger partial charge in [0.2, 0.25) is 5.76 Å². The van der Waals surface area contributed by atoms with Gasteiger partial charge in [0.05, 0.1) is 12.7 Å². The summed E-state index contributed by atoms with van der Waals surface area (Å²) in [5, 5.41) is 15.5. The van der Waals surface area contributed by atoms with Crippen LogP contribution in [0.25, 0.3) is 11.3 Å². The van der Waals surface area contributed by atoms with E-state index in [9.17, 15) is 4.79 Å². The molecular formula is C14H14Cl2N6O2. The predicted octanol–water partition coefficient (Wildman–Crippen LogP) is 2.35. The lowest BCUT2D eigenvalue weighted by Crippen LogP contribution is -2.22. The van der Waals surface area contributed by atoms with Crippen LogP contribution in [0.2, 0.25) is 10.2 Å². The molecular weight excluding hydrogens is 355 g/mol. The molecule has 10 heteroatoms. The van der Waals surface area contributed by atoms with Crippen molar-refractivity contribution in [2.45, 2.75) is 13.5 Å². The Morgan fingerprint density at radius 1 is 1.33 bits per heavy atom. The Kier molecular flexibility index (Phi) is 4.33. The van der Waals surface area contributed by atoms with Crippen molar-refractivity contribution >= 4 is 29.1 Å². The summed E-state index contributed by atoms with van der Waals surface area (Å²) in [4.78, 5) is 12.2. The Balaban J connectivity index is 1.72. The summed E-state index contributed by atoms with van der Waals surface area (Å²) in [5.74, 6) is -0.334. The molecule has 3 heterocycles. The summed E-state index contributed by atoms with van der Waals surface area (Å²) in [6, 6.07) is 1.56. The van der Waals surface area contributed by atoms with Gasteiger partial charge in [-0.15, -0.1) is 0 Å². The molecule has 0 fully saturated rings. The molecule has 0 radical (unpaired) electrons. The summed E-state index contributed by atoms with van der Waals surface area (Å²) in [6.07, 6.45) is 1.67. The first-order valence-corrected chi connectivity index (χ1v) is 7.74. The van der Waals surface area contributed by atoms with E-state index in [1.54, 1.807) is 24.0 Å². The Bertz CT molecular complexity index is 911. The fraction of sp³-hybridized carbons (Fsp3) is 0.286. The minimum Gasteiger partial charge on any atom is -0.350 e. The Morgan fingerprint density at radius 3 is 2.67 bits per heavy atom. The van der Waals surface area contributed by atoms with E-state index in [1.807, 2.05) is 14.0 Å². The summed E-state index contributed by atoms with van der Waals surface area (Å²) < 4.78 is 8.26. The van der Waals surface area contributed by atoms with Gasteiger partial charge in [0, 0.05) is 31.4 Å². The Labute approximate surface area is 147 Å². The van der Waals surface area contributed by atoms with Crippen LogP contribution in [-0.4, -0.2) is 30.6 Å². The molecule has 8 nitrogen and oxygen atoms in total. The fourth-order valence-electron chi connectivity index (χ4n) is 2.15. The van der Waals surface area contributed by atoms with E-state index in [0.29, 0.717) is 21.6 Å². The van der Waals surface area contributed by atoms with Gasteiger partial charge < -0.3 is 9.84 Å². The SMILES string of the molecule is Cc1c(-c2cc(C(=O)NCc3nn(C)c(Cl)c3Cl)on2)cnn1C. The van der Waals surface area contributed by atoms with Crippen molar-refractivity contribution in [2.75, 3.05) is 0 Å². The first-order chi connectivity index (χ1) is 11.4. The molecule has 24 heavy (non-hydrogen) atoms. The van der Waals surface area contributed by atoms with Crippen LogP contribution in [0.3, 0.4) is 0 Å². The maximum absolute atomic E-state index is 12.2. The number of rotatable bonds is 4. The highest BCUT2D eigenvalue weighted by molar-refractivity contribution is 6.41. The third kappa shape index (κ3) is 2.90. The zero-order valence-corrected chi connectivity index (χ0v) is 14.7. The van der Waals surface area contributed by atoms with Crippen LogP contribution in [0.1, 0.15) is 21.9 Å². The van der Waals surface area contributed by atoms with Gasteiger partial charge >= 0.3 is 0 Å². The van der Waals surface area contributed by atoms with Crippen molar-refractivity contribution < 1.29 is 9.32 Å². The van der Waals surface area contributed by atoms with Crippen molar-refractivity contribution in [1.29, 1.82) is 0 Å².